The van der Waals surface area contributed by atoms with E-state index in [4.69, 9.17) is 0 Å². The van der Waals surface area contributed by atoms with Gasteiger partial charge in [-0.15, -0.1) is 0 Å². The minimum absolute atomic E-state index is 0.202. The van der Waals surface area contributed by atoms with Crippen LogP contribution in [0, 0.1) is 5.92 Å². The van der Waals surface area contributed by atoms with Gasteiger partial charge in [-0.2, -0.15) is 4.72 Å². The van der Waals surface area contributed by atoms with Crippen LogP contribution >= 0.6 is 0 Å². The van der Waals surface area contributed by atoms with Crippen LogP contribution in [0.5, 0.6) is 0 Å². The number of nitrogens with one attached hydrogen (secondary N) is 3. The summed E-state index contributed by atoms with van der Waals surface area (Å²) in [5.74, 6) is 0.0274. The summed E-state index contributed by atoms with van der Waals surface area (Å²) >= 11 is 0. The van der Waals surface area contributed by atoms with E-state index in [-0.39, 0.29) is 10.8 Å². The smallest absolute Gasteiger partial charge is 0.241 e. The number of rotatable bonds is 9. The van der Waals surface area contributed by atoms with Crippen LogP contribution in [-0.4, -0.2) is 40.0 Å². The van der Waals surface area contributed by atoms with Crippen LogP contribution in [0.4, 0.5) is 0 Å². The third-order valence-corrected chi connectivity index (χ3v) is 7.77. The monoisotopic (exact) mass is 465 g/mol. The number of carbonyl (C=O) groups is 1. The van der Waals surface area contributed by atoms with Gasteiger partial charge in [-0.3, -0.25) is 4.79 Å². The van der Waals surface area contributed by atoms with E-state index in [1.165, 1.54) is 0 Å². The normalized spacial score (nSPS) is 15.9. The van der Waals surface area contributed by atoms with Gasteiger partial charge in [0.25, 0.3) is 0 Å². The highest BCUT2D eigenvalue weighted by atomic mass is 32.2. The summed E-state index contributed by atoms with van der Waals surface area (Å²) in [6, 6.07) is 21.7. The van der Waals surface area contributed by atoms with E-state index in [1.807, 2.05) is 54.6 Å². The van der Waals surface area contributed by atoms with Crippen molar-refractivity contribution in [2.45, 2.75) is 36.6 Å². The highest BCUT2D eigenvalue weighted by Crippen LogP contribution is 2.24. The van der Waals surface area contributed by atoms with Gasteiger partial charge < -0.3 is 10.6 Å². The zero-order chi connectivity index (χ0) is 23.1. The first-order valence-electron chi connectivity index (χ1n) is 11.6. The lowest BCUT2D eigenvalue weighted by molar-refractivity contribution is -0.123. The minimum Gasteiger partial charge on any atom is -0.354 e. The van der Waals surface area contributed by atoms with Crippen molar-refractivity contribution in [3.05, 3.63) is 78.4 Å². The third kappa shape index (κ3) is 6.19. The van der Waals surface area contributed by atoms with Crippen molar-refractivity contribution in [3.63, 3.8) is 0 Å². The van der Waals surface area contributed by atoms with Crippen molar-refractivity contribution in [1.29, 1.82) is 0 Å². The quantitative estimate of drug-likeness (QED) is 0.453. The van der Waals surface area contributed by atoms with Gasteiger partial charge in [0.15, 0.2) is 0 Å². The molecule has 6 nitrogen and oxygen atoms in total. The molecule has 1 aliphatic heterocycles. The van der Waals surface area contributed by atoms with E-state index in [1.54, 1.807) is 18.2 Å². The summed E-state index contributed by atoms with van der Waals surface area (Å²) < 4.78 is 29.5. The van der Waals surface area contributed by atoms with E-state index in [0.29, 0.717) is 30.7 Å². The van der Waals surface area contributed by atoms with Crippen LogP contribution in [0.2, 0.25) is 0 Å². The molecule has 33 heavy (non-hydrogen) atoms. The largest absolute Gasteiger partial charge is 0.354 e. The number of piperidine rings is 1. The Labute approximate surface area is 195 Å². The molecular weight excluding hydrogens is 434 g/mol. The lowest BCUT2D eigenvalue weighted by atomic mass is 9.91. The van der Waals surface area contributed by atoms with Crippen molar-refractivity contribution >= 4 is 26.7 Å². The van der Waals surface area contributed by atoms with Gasteiger partial charge in [0.1, 0.15) is 6.04 Å². The Morgan fingerprint density at radius 1 is 0.939 bits per heavy atom. The molecule has 4 rings (SSSR count). The summed E-state index contributed by atoms with van der Waals surface area (Å²) in [4.78, 5) is 13.3. The van der Waals surface area contributed by atoms with Gasteiger partial charge in [-0.25, -0.2) is 8.42 Å². The summed E-state index contributed by atoms with van der Waals surface area (Å²) in [6.45, 7) is 2.24. The number of amides is 1. The Bertz CT molecular complexity index is 1170. The molecule has 0 aromatic heterocycles. The lowest BCUT2D eigenvalue weighted by Crippen LogP contribution is -2.48. The Morgan fingerprint density at radius 3 is 2.42 bits per heavy atom. The first-order valence-corrected chi connectivity index (χ1v) is 13.0. The van der Waals surface area contributed by atoms with Gasteiger partial charge in [-0.05, 0) is 61.7 Å². The molecule has 1 unspecified atom stereocenters. The van der Waals surface area contributed by atoms with Gasteiger partial charge >= 0.3 is 0 Å². The average molecular weight is 466 g/mol. The molecule has 0 aliphatic carbocycles. The second-order valence-corrected chi connectivity index (χ2v) is 10.3. The second kappa shape index (κ2) is 10.9. The van der Waals surface area contributed by atoms with Crippen LogP contribution in [0.3, 0.4) is 0 Å². The first kappa shape index (κ1) is 23.4. The topological polar surface area (TPSA) is 87.3 Å². The number of benzene rings is 3. The van der Waals surface area contributed by atoms with E-state index in [0.717, 1.165) is 36.9 Å². The predicted octanol–water partition coefficient (Wildman–Crippen LogP) is 3.24. The minimum atomic E-state index is -3.89. The van der Waals surface area contributed by atoms with Gasteiger partial charge in [-0.1, -0.05) is 66.7 Å². The number of carbonyl (C=O) groups excluding carboxylic acids is 1. The summed E-state index contributed by atoms with van der Waals surface area (Å²) in [7, 11) is -3.89. The Kier molecular flexibility index (Phi) is 7.75. The average Bonchev–Trinajstić information content (AvgIpc) is 2.84. The highest BCUT2D eigenvalue weighted by molar-refractivity contribution is 7.89. The molecule has 7 heteroatoms. The molecule has 0 spiro atoms. The fraction of sp³-hybridized carbons (Fsp3) is 0.346. The third-order valence-electron chi connectivity index (χ3n) is 6.24. The lowest BCUT2D eigenvalue weighted by Gasteiger charge is -2.27. The maximum absolute atomic E-state index is 13.4. The molecule has 0 bridgehead atoms. The van der Waals surface area contributed by atoms with E-state index >= 15 is 0 Å². The molecular formula is C26H31N3O3S. The Hall–Kier alpha value is -2.74. The maximum Gasteiger partial charge on any atom is 0.241 e. The maximum atomic E-state index is 13.4. The number of hydrogen-bond acceptors (Lipinski definition) is 4. The zero-order valence-electron chi connectivity index (χ0n) is 18.7. The van der Waals surface area contributed by atoms with Crippen molar-refractivity contribution in [2.75, 3.05) is 19.6 Å². The van der Waals surface area contributed by atoms with E-state index < -0.39 is 16.1 Å². The molecule has 1 atom stereocenters. The predicted molar refractivity (Wildman–Crippen MR) is 131 cm³/mol. The van der Waals surface area contributed by atoms with Crippen LogP contribution in [0.25, 0.3) is 10.8 Å². The van der Waals surface area contributed by atoms with Crippen LogP contribution in [0.15, 0.2) is 77.7 Å². The molecule has 1 fully saturated rings. The molecule has 1 heterocycles. The van der Waals surface area contributed by atoms with Crippen molar-refractivity contribution < 1.29 is 13.2 Å². The zero-order valence-corrected chi connectivity index (χ0v) is 19.5. The molecule has 3 aromatic rings. The molecule has 0 saturated carbocycles. The summed E-state index contributed by atoms with van der Waals surface area (Å²) in [5, 5.41) is 7.78. The van der Waals surface area contributed by atoms with Crippen LogP contribution in [-0.2, 0) is 21.2 Å². The fourth-order valence-corrected chi connectivity index (χ4v) is 5.88. The van der Waals surface area contributed by atoms with Gasteiger partial charge in [0.2, 0.25) is 15.9 Å². The first-order chi connectivity index (χ1) is 16.0. The molecule has 3 N–H and O–H groups in total. The van der Waals surface area contributed by atoms with E-state index in [9.17, 15) is 13.2 Å². The molecule has 3 aromatic carbocycles. The molecule has 1 saturated heterocycles. The molecule has 0 radical (unpaired) electrons. The Balaban J connectivity index is 1.51. The van der Waals surface area contributed by atoms with Crippen molar-refractivity contribution in [3.8, 4) is 0 Å². The number of sulfonamides is 1. The van der Waals surface area contributed by atoms with Crippen molar-refractivity contribution in [1.82, 2.24) is 15.4 Å². The standard InChI is InChI=1S/C26H31N3O3S/c30-26(28-18-15-20-7-2-1-3-8-20)24(19-21-13-16-27-17-14-21)29-33(31,32)25-12-6-10-22-9-4-5-11-23(22)25/h1-12,21,24,27,29H,13-19H2,(H,28,30). The fourth-order valence-electron chi connectivity index (χ4n) is 4.44. The summed E-state index contributed by atoms with van der Waals surface area (Å²) in [5.41, 5.74) is 1.13. The molecule has 1 amide bonds. The highest BCUT2D eigenvalue weighted by Gasteiger charge is 2.29. The number of fused-ring (bicyclic) bond motifs is 1. The SMILES string of the molecule is O=C(NCCc1ccccc1)C(CC1CCNCC1)NS(=O)(=O)c1cccc2ccccc12. The Morgan fingerprint density at radius 2 is 1.64 bits per heavy atom. The van der Waals surface area contributed by atoms with Crippen molar-refractivity contribution in [2.24, 2.45) is 5.92 Å². The van der Waals surface area contributed by atoms with Gasteiger partial charge in [0.05, 0.1) is 4.90 Å². The van der Waals surface area contributed by atoms with E-state index in [2.05, 4.69) is 15.4 Å². The molecule has 174 valence electrons. The second-order valence-electron chi connectivity index (χ2n) is 8.61. The van der Waals surface area contributed by atoms with Crippen LogP contribution in [0.1, 0.15) is 24.8 Å². The van der Waals surface area contributed by atoms with Gasteiger partial charge in [0, 0.05) is 11.9 Å². The summed E-state index contributed by atoms with van der Waals surface area (Å²) in [6.07, 6.45) is 3.05. The molecule has 1 aliphatic rings. The van der Waals surface area contributed by atoms with Crippen LogP contribution < -0.4 is 15.4 Å². The number of hydrogen-bond donors (Lipinski definition) is 3.